The van der Waals surface area contributed by atoms with Gasteiger partial charge < -0.3 is 4.90 Å². The van der Waals surface area contributed by atoms with Gasteiger partial charge in [0.25, 0.3) is 0 Å². The van der Waals surface area contributed by atoms with Gasteiger partial charge in [-0.3, -0.25) is 4.79 Å². The summed E-state index contributed by atoms with van der Waals surface area (Å²) >= 11 is 0. The van der Waals surface area contributed by atoms with Gasteiger partial charge in [0.1, 0.15) is 0 Å². The minimum atomic E-state index is -3.50. The van der Waals surface area contributed by atoms with E-state index in [4.69, 9.17) is 0 Å². The van der Waals surface area contributed by atoms with E-state index in [0.717, 1.165) is 11.3 Å². The lowest BCUT2D eigenvalue weighted by Crippen LogP contribution is -2.44. The van der Waals surface area contributed by atoms with Crippen LogP contribution < -0.4 is 4.90 Å². The van der Waals surface area contributed by atoms with Crippen molar-refractivity contribution in [2.24, 2.45) is 5.92 Å². The van der Waals surface area contributed by atoms with E-state index in [2.05, 4.69) is 0 Å². The molecule has 0 N–H and O–H groups in total. The fourth-order valence-electron chi connectivity index (χ4n) is 3.56. The molecule has 0 radical (unpaired) electrons. The van der Waals surface area contributed by atoms with Gasteiger partial charge in [0.15, 0.2) is 0 Å². The van der Waals surface area contributed by atoms with Crippen LogP contribution in [0.4, 0.5) is 5.69 Å². The Bertz CT molecular complexity index is 889. The Balaban J connectivity index is 1.69. The van der Waals surface area contributed by atoms with Gasteiger partial charge in [0.05, 0.1) is 4.90 Å². The first-order valence-corrected chi connectivity index (χ1v) is 10.8. The number of anilines is 1. The average molecular weight is 387 g/mol. The van der Waals surface area contributed by atoms with E-state index in [1.165, 1.54) is 4.31 Å². The fourth-order valence-corrected chi connectivity index (χ4v) is 5.14. The Morgan fingerprint density at radius 2 is 1.74 bits per heavy atom. The first kappa shape index (κ1) is 19.6. The van der Waals surface area contributed by atoms with E-state index in [1.807, 2.05) is 50.2 Å². The zero-order valence-corrected chi connectivity index (χ0v) is 16.7. The fraction of sp³-hybridized carbons (Fsp3) is 0.381. The molecule has 0 spiro atoms. The molecule has 6 heteroatoms. The molecule has 0 bridgehead atoms. The molecule has 1 aliphatic heterocycles. The molecule has 27 heavy (non-hydrogen) atoms. The summed E-state index contributed by atoms with van der Waals surface area (Å²) in [5.74, 6) is -0.0644. The molecular weight excluding hydrogens is 360 g/mol. The molecule has 1 aliphatic rings. The van der Waals surface area contributed by atoms with Gasteiger partial charge in [0.2, 0.25) is 15.9 Å². The number of hydrogen-bond acceptors (Lipinski definition) is 3. The highest BCUT2D eigenvalue weighted by atomic mass is 32.2. The maximum atomic E-state index is 13.0. The average Bonchev–Trinajstić information content (AvgIpc) is 2.69. The Morgan fingerprint density at radius 1 is 1.07 bits per heavy atom. The van der Waals surface area contributed by atoms with Crippen LogP contribution in [-0.2, 0) is 14.8 Å². The quantitative estimate of drug-likeness (QED) is 0.791. The molecule has 0 saturated carbocycles. The number of hydrogen-bond donors (Lipinski definition) is 0. The summed E-state index contributed by atoms with van der Waals surface area (Å²) in [7, 11) is -3.50. The Morgan fingerprint density at radius 3 is 2.33 bits per heavy atom. The molecule has 144 valence electrons. The molecule has 0 aromatic heterocycles. The highest BCUT2D eigenvalue weighted by Crippen LogP contribution is 2.27. The molecule has 1 fully saturated rings. The molecule has 1 heterocycles. The first-order chi connectivity index (χ1) is 12.9. The molecule has 3 rings (SSSR count). The zero-order valence-electron chi connectivity index (χ0n) is 15.8. The van der Waals surface area contributed by atoms with Crippen molar-refractivity contribution >= 4 is 21.6 Å². The third kappa shape index (κ3) is 4.22. The summed E-state index contributed by atoms with van der Waals surface area (Å²) in [5.41, 5.74) is 1.81. The maximum absolute atomic E-state index is 13.0. The number of aryl methyl sites for hydroxylation is 1. The lowest BCUT2D eigenvalue weighted by molar-refractivity contribution is -0.123. The summed E-state index contributed by atoms with van der Waals surface area (Å²) in [5, 5.41) is 0. The van der Waals surface area contributed by atoms with Crippen LogP contribution in [0.15, 0.2) is 59.5 Å². The molecule has 5 nitrogen and oxygen atoms in total. The molecule has 2 aromatic carbocycles. The van der Waals surface area contributed by atoms with Gasteiger partial charge in [-0.1, -0.05) is 30.3 Å². The van der Waals surface area contributed by atoms with Gasteiger partial charge in [0, 0.05) is 31.2 Å². The van der Waals surface area contributed by atoms with E-state index >= 15 is 0 Å². The highest BCUT2D eigenvalue weighted by molar-refractivity contribution is 7.89. The molecule has 0 aliphatic carbocycles. The number of sulfonamides is 1. The molecule has 1 amide bonds. The van der Waals surface area contributed by atoms with Crippen molar-refractivity contribution in [3.63, 3.8) is 0 Å². The predicted octanol–water partition coefficient (Wildman–Crippen LogP) is 3.45. The summed E-state index contributed by atoms with van der Waals surface area (Å²) in [6, 6.07) is 16.6. The topological polar surface area (TPSA) is 57.7 Å². The number of carbonyl (C=O) groups excluding carboxylic acids is 1. The van der Waals surface area contributed by atoms with Crippen LogP contribution in [0.1, 0.15) is 25.3 Å². The van der Waals surface area contributed by atoms with E-state index in [-0.39, 0.29) is 11.8 Å². The van der Waals surface area contributed by atoms with Gasteiger partial charge in [-0.15, -0.1) is 0 Å². The van der Waals surface area contributed by atoms with Crippen LogP contribution in [0.3, 0.4) is 0 Å². The molecule has 2 aromatic rings. The molecular formula is C21H26N2O3S. The largest absolute Gasteiger partial charge is 0.312 e. The van der Waals surface area contributed by atoms with Crippen molar-refractivity contribution in [1.29, 1.82) is 0 Å². The number of carbonyl (C=O) groups is 1. The van der Waals surface area contributed by atoms with Crippen molar-refractivity contribution in [3.05, 3.63) is 60.2 Å². The van der Waals surface area contributed by atoms with Crippen molar-refractivity contribution in [2.45, 2.75) is 31.6 Å². The van der Waals surface area contributed by atoms with Crippen LogP contribution in [0, 0.1) is 12.8 Å². The van der Waals surface area contributed by atoms with Crippen molar-refractivity contribution in [3.8, 4) is 0 Å². The summed E-state index contributed by atoms with van der Waals surface area (Å²) < 4.78 is 27.2. The van der Waals surface area contributed by atoms with Crippen LogP contribution in [0.2, 0.25) is 0 Å². The van der Waals surface area contributed by atoms with Gasteiger partial charge in [-0.25, -0.2) is 8.42 Å². The summed E-state index contributed by atoms with van der Waals surface area (Å²) in [6.45, 7) is 5.19. The highest BCUT2D eigenvalue weighted by Gasteiger charge is 2.33. The number of benzene rings is 2. The molecule has 0 atom stereocenters. The molecule has 0 unspecified atom stereocenters. The third-order valence-electron chi connectivity index (χ3n) is 5.08. The Labute approximate surface area is 161 Å². The number of piperidine rings is 1. The maximum Gasteiger partial charge on any atom is 0.243 e. The standard InChI is InChI=1S/C21H26N2O3S/c1-3-23(19-9-5-4-6-10-19)21(24)18-12-14-22(15-13-18)27(25,26)20-11-7-8-17(2)16-20/h4-11,16,18H,3,12-15H2,1-2H3. The number of amides is 1. The van der Waals surface area contributed by atoms with Crippen LogP contribution in [-0.4, -0.2) is 38.3 Å². The van der Waals surface area contributed by atoms with E-state index in [1.54, 1.807) is 23.1 Å². The lowest BCUT2D eigenvalue weighted by atomic mass is 9.96. The SMILES string of the molecule is CCN(C(=O)C1CCN(S(=O)(=O)c2cccc(C)c2)CC1)c1ccccc1. The van der Waals surface area contributed by atoms with Gasteiger partial charge in [-0.2, -0.15) is 4.31 Å². The van der Waals surface area contributed by atoms with Gasteiger partial charge in [-0.05, 0) is 56.5 Å². The second kappa shape index (κ2) is 8.23. The van der Waals surface area contributed by atoms with Crippen molar-refractivity contribution in [2.75, 3.05) is 24.5 Å². The van der Waals surface area contributed by atoms with Crippen LogP contribution in [0.25, 0.3) is 0 Å². The minimum absolute atomic E-state index is 0.0799. The monoisotopic (exact) mass is 386 g/mol. The van der Waals surface area contributed by atoms with Crippen molar-refractivity contribution < 1.29 is 13.2 Å². The smallest absolute Gasteiger partial charge is 0.243 e. The second-order valence-corrected chi connectivity index (χ2v) is 8.85. The van der Waals surface area contributed by atoms with E-state index in [9.17, 15) is 13.2 Å². The Kier molecular flexibility index (Phi) is 5.97. The van der Waals surface area contributed by atoms with Crippen LogP contribution >= 0.6 is 0 Å². The van der Waals surface area contributed by atoms with Crippen molar-refractivity contribution in [1.82, 2.24) is 4.31 Å². The van der Waals surface area contributed by atoms with E-state index < -0.39 is 10.0 Å². The van der Waals surface area contributed by atoms with Gasteiger partial charge >= 0.3 is 0 Å². The van der Waals surface area contributed by atoms with E-state index in [0.29, 0.717) is 37.4 Å². The van der Waals surface area contributed by atoms with Crippen LogP contribution in [0.5, 0.6) is 0 Å². The Hall–Kier alpha value is -2.18. The third-order valence-corrected chi connectivity index (χ3v) is 6.98. The minimum Gasteiger partial charge on any atom is -0.312 e. The summed E-state index contributed by atoms with van der Waals surface area (Å²) in [6.07, 6.45) is 1.10. The number of nitrogens with zero attached hydrogens (tertiary/aromatic N) is 2. The lowest BCUT2D eigenvalue weighted by Gasteiger charge is -2.33. The predicted molar refractivity (Wildman–Crippen MR) is 107 cm³/mol. The number of rotatable bonds is 5. The zero-order chi connectivity index (χ0) is 19.4. The molecule has 1 saturated heterocycles. The normalized spacial score (nSPS) is 16.2. The summed E-state index contributed by atoms with van der Waals surface area (Å²) in [4.78, 5) is 15.1. The first-order valence-electron chi connectivity index (χ1n) is 9.36. The number of para-hydroxylation sites is 1. The second-order valence-electron chi connectivity index (χ2n) is 6.91.